The predicted molar refractivity (Wildman–Crippen MR) is 150 cm³/mol. The van der Waals surface area contributed by atoms with E-state index in [1.807, 2.05) is 14.1 Å². The van der Waals surface area contributed by atoms with Gasteiger partial charge in [0.05, 0.1) is 0 Å². The first-order valence-corrected chi connectivity index (χ1v) is 15.3. The smallest absolute Gasteiger partial charge is 0.407 e. The third-order valence-corrected chi connectivity index (χ3v) is 11.4. The van der Waals surface area contributed by atoms with Crippen LogP contribution in [0.25, 0.3) is 0 Å². The highest BCUT2D eigenvalue weighted by atomic mass is 16.6. The molecule has 206 valence electrons. The van der Waals surface area contributed by atoms with Gasteiger partial charge in [-0.25, -0.2) is 4.79 Å². The Labute approximate surface area is 222 Å². The highest BCUT2D eigenvalue weighted by Gasteiger charge is 2.59. The van der Waals surface area contributed by atoms with E-state index in [1.54, 1.807) is 5.57 Å². The Bertz CT molecular complexity index is 791. The van der Waals surface area contributed by atoms with Gasteiger partial charge >= 0.3 is 6.09 Å². The number of rotatable bonds is 9. The van der Waals surface area contributed by atoms with Crippen LogP contribution in [0.15, 0.2) is 11.6 Å². The van der Waals surface area contributed by atoms with Gasteiger partial charge in [-0.15, -0.1) is 0 Å². The summed E-state index contributed by atoms with van der Waals surface area (Å²) in [5, 5.41) is 2.93. The maximum atomic E-state index is 12.3. The molecule has 0 aromatic heterocycles. The van der Waals surface area contributed by atoms with Crippen molar-refractivity contribution in [2.75, 3.05) is 27.2 Å². The van der Waals surface area contributed by atoms with E-state index in [4.69, 9.17) is 4.74 Å². The Morgan fingerprint density at radius 3 is 2.58 bits per heavy atom. The third-order valence-electron chi connectivity index (χ3n) is 11.4. The number of nitrogens with zero attached hydrogens (tertiary/aromatic N) is 1. The molecule has 1 amide bonds. The van der Waals surface area contributed by atoms with Crippen LogP contribution in [0.2, 0.25) is 0 Å². The molecule has 0 spiro atoms. The molecule has 0 aromatic carbocycles. The lowest BCUT2D eigenvalue weighted by molar-refractivity contribution is -0.0581. The molecule has 4 rings (SSSR count). The zero-order valence-corrected chi connectivity index (χ0v) is 24.6. The van der Waals surface area contributed by atoms with Crippen molar-refractivity contribution in [2.45, 2.75) is 111 Å². The average molecular weight is 501 g/mol. The van der Waals surface area contributed by atoms with E-state index in [2.05, 4.69) is 50.9 Å². The van der Waals surface area contributed by atoms with Crippen LogP contribution in [-0.2, 0) is 4.74 Å². The molecule has 8 atom stereocenters. The minimum atomic E-state index is -0.243. The molecule has 4 unspecified atom stereocenters. The Morgan fingerprint density at radius 1 is 1.08 bits per heavy atom. The number of hydrogen-bond donors (Lipinski definition) is 1. The second-order valence-corrected chi connectivity index (χ2v) is 14.3. The van der Waals surface area contributed by atoms with Crippen LogP contribution in [-0.4, -0.2) is 44.3 Å². The SMILES string of the molecule is CC(C)CCC[C@@H](C)[C@H]1CCC2C3CC=C4CC(OC(=O)NCCN(C)C)CC[C@]4(C)C3CC[C@@]21C. The van der Waals surface area contributed by atoms with Gasteiger partial charge in [0.25, 0.3) is 0 Å². The highest BCUT2D eigenvalue weighted by Crippen LogP contribution is 2.67. The first-order valence-electron chi connectivity index (χ1n) is 15.3. The van der Waals surface area contributed by atoms with Crippen molar-refractivity contribution < 1.29 is 9.53 Å². The van der Waals surface area contributed by atoms with E-state index < -0.39 is 0 Å². The predicted octanol–water partition coefficient (Wildman–Crippen LogP) is 7.68. The van der Waals surface area contributed by atoms with Crippen molar-refractivity contribution in [3.05, 3.63) is 11.6 Å². The number of allylic oxidation sites excluding steroid dienone is 1. The van der Waals surface area contributed by atoms with Crippen LogP contribution in [0.3, 0.4) is 0 Å². The molecule has 0 aromatic rings. The fraction of sp³-hybridized carbons (Fsp3) is 0.906. The van der Waals surface area contributed by atoms with Gasteiger partial charge in [0.2, 0.25) is 0 Å². The van der Waals surface area contributed by atoms with Gasteiger partial charge in [-0.1, -0.05) is 65.5 Å². The molecule has 1 N–H and O–H groups in total. The molecule has 0 saturated heterocycles. The molecule has 0 radical (unpaired) electrons. The summed E-state index contributed by atoms with van der Waals surface area (Å²) in [7, 11) is 4.04. The normalized spacial score (nSPS) is 38.7. The molecule has 4 nitrogen and oxygen atoms in total. The van der Waals surface area contributed by atoms with Crippen LogP contribution in [0.4, 0.5) is 4.79 Å². The number of hydrogen-bond acceptors (Lipinski definition) is 3. The number of alkyl carbamates (subject to hydrolysis) is 1. The number of carbonyl (C=O) groups is 1. The quantitative estimate of drug-likeness (QED) is 0.330. The third kappa shape index (κ3) is 5.69. The number of ether oxygens (including phenoxy) is 1. The van der Waals surface area contributed by atoms with Crippen molar-refractivity contribution in [3.8, 4) is 0 Å². The summed E-state index contributed by atoms with van der Waals surface area (Å²) < 4.78 is 5.87. The Morgan fingerprint density at radius 2 is 1.86 bits per heavy atom. The number of amides is 1. The van der Waals surface area contributed by atoms with Crippen LogP contribution in [0, 0.1) is 46.3 Å². The van der Waals surface area contributed by atoms with Gasteiger partial charge in [0, 0.05) is 19.5 Å². The molecule has 0 aliphatic heterocycles. The fourth-order valence-corrected chi connectivity index (χ4v) is 9.33. The minimum Gasteiger partial charge on any atom is -0.446 e. The van der Waals surface area contributed by atoms with E-state index in [-0.39, 0.29) is 12.2 Å². The van der Waals surface area contributed by atoms with E-state index in [1.165, 1.54) is 57.8 Å². The molecule has 3 saturated carbocycles. The minimum absolute atomic E-state index is 0.0386. The molecule has 4 heteroatoms. The molecule has 4 aliphatic rings. The molecule has 3 fully saturated rings. The van der Waals surface area contributed by atoms with Crippen molar-refractivity contribution in [1.82, 2.24) is 10.2 Å². The van der Waals surface area contributed by atoms with E-state index in [9.17, 15) is 4.79 Å². The maximum absolute atomic E-state index is 12.3. The zero-order chi connectivity index (χ0) is 26.1. The summed E-state index contributed by atoms with van der Waals surface area (Å²) in [5.41, 5.74) is 2.46. The van der Waals surface area contributed by atoms with Crippen molar-refractivity contribution in [2.24, 2.45) is 46.3 Å². The van der Waals surface area contributed by atoms with Gasteiger partial charge in [-0.05, 0) is 105 Å². The van der Waals surface area contributed by atoms with Crippen LogP contribution in [0.1, 0.15) is 105 Å². The Kier molecular flexibility index (Phi) is 8.85. The standard InChI is InChI=1S/C32H56N2O2/c1-22(2)9-8-10-23(3)27-13-14-28-26-12-11-24-21-25(36-30(35)33-19-20-34(6)7)15-17-31(24,4)29(26)16-18-32(27,28)5/h11,22-23,25-29H,8-10,12-21H2,1-7H3,(H,33,35)/t23-,25?,26?,27-,28?,29?,31+,32-/m1/s1. The van der Waals surface area contributed by atoms with Crippen LogP contribution >= 0.6 is 0 Å². The van der Waals surface area contributed by atoms with Crippen molar-refractivity contribution in [1.29, 1.82) is 0 Å². The Hall–Kier alpha value is -1.03. The second kappa shape index (κ2) is 11.4. The van der Waals surface area contributed by atoms with Gasteiger partial charge < -0.3 is 15.0 Å². The number of nitrogens with one attached hydrogen (secondary N) is 1. The monoisotopic (exact) mass is 500 g/mol. The summed E-state index contributed by atoms with van der Waals surface area (Å²) in [6.45, 7) is 14.0. The second-order valence-electron chi connectivity index (χ2n) is 14.3. The van der Waals surface area contributed by atoms with Crippen LogP contribution in [0.5, 0.6) is 0 Å². The highest BCUT2D eigenvalue weighted by molar-refractivity contribution is 5.67. The van der Waals surface area contributed by atoms with Crippen LogP contribution < -0.4 is 5.32 Å². The van der Waals surface area contributed by atoms with E-state index in [0.29, 0.717) is 17.4 Å². The zero-order valence-electron chi connectivity index (χ0n) is 24.6. The molecule has 0 bridgehead atoms. The molecular weight excluding hydrogens is 444 g/mol. The summed E-state index contributed by atoms with van der Waals surface area (Å²) in [4.78, 5) is 14.4. The summed E-state index contributed by atoms with van der Waals surface area (Å²) in [6.07, 6.45) is 16.7. The van der Waals surface area contributed by atoms with E-state index >= 15 is 0 Å². The lowest BCUT2D eigenvalue weighted by Gasteiger charge is -2.58. The maximum Gasteiger partial charge on any atom is 0.407 e. The first-order chi connectivity index (χ1) is 17.0. The fourth-order valence-electron chi connectivity index (χ4n) is 9.33. The topological polar surface area (TPSA) is 41.6 Å². The summed E-state index contributed by atoms with van der Waals surface area (Å²) in [6, 6.07) is 0. The number of fused-ring (bicyclic) bond motifs is 5. The largest absolute Gasteiger partial charge is 0.446 e. The van der Waals surface area contributed by atoms with Gasteiger partial charge in [-0.3, -0.25) is 0 Å². The van der Waals surface area contributed by atoms with Crippen molar-refractivity contribution in [3.63, 3.8) is 0 Å². The lowest BCUT2D eigenvalue weighted by Crippen LogP contribution is -2.51. The average Bonchev–Trinajstić information content (AvgIpc) is 3.16. The Balaban J connectivity index is 1.37. The van der Waals surface area contributed by atoms with Gasteiger partial charge in [0.1, 0.15) is 6.10 Å². The van der Waals surface area contributed by atoms with Crippen molar-refractivity contribution >= 4 is 6.09 Å². The molecule has 0 heterocycles. The van der Waals surface area contributed by atoms with Gasteiger partial charge in [-0.2, -0.15) is 0 Å². The molecule has 36 heavy (non-hydrogen) atoms. The van der Waals surface area contributed by atoms with Gasteiger partial charge in [0.15, 0.2) is 0 Å². The number of carbonyl (C=O) groups excluding carboxylic acids is 1. The summed E-state index contributed by atoms with van der Waals surface area (Å²) in [5.74, 6) is 5.21. The van der Waals surface area contributed by atoms with E-state index in [0.717, 1.165) is 54.9 Å². The first kappa shape index (κ1) is 28.0. The summed E-state index contributed by atoms with van der Waals surface area (Å²) >= 11 is 0. The molecular formula is C32H56N2O2. The lowest BCUT2D eigenvalue weighted by atomic mass is 9.47. The number of likely N-dealkylation sites (N-methyl/N-ethyl adjacent to an activating group) is 1. The molecule has 4 aliphatic carbocycles.